The van der Waals surface area contributed by atoms with Crippen molar-refractivity contribution in [3.63, 3.8) is 0 Å². The average molecular weight is 157 g/mol. The van der Waals surface area contributed by atoms with E-state index in [-0.39, 0.29) is 11.8 Å². The maximum Gasteiger partial charge on any atom is 0.327 e. The van der Waals surface area contributed by atoms with Gasteiger partial charge in [0.05, 0.1) is 5.92 Å². The van der Waals surface area contributed by atoms with Gasteiger partial charge in [-0.05, 0) is 6.42 Å². The number of aliphatic carboxylic acids is 1. The predicted octanol–water partition coefficient (Wildman–Crippen LogP) is -0.0622. The molecule has 1 fully saturated rings. The van der Waals surface area contributed by atoms with Gasteiger partial charge in [0.1, 0.15) is 6.04 Å². The minimum absolute atomic E-state index is 0.0556. The summed E-state index contributed by atoms with van der Waals surface area (Å²) in [6, 6.07) is -0.590. The first kappa shape index (κ1) is 8.04. The van der Waals surface area contributed by atoms with Crippen LogP contribution in [0.5, 0.6) is 0 Å². The molecule has 1 amide bonds. The van der Waals surface area contributed by atoms with E-state index in [1.165, 1.54) is 11.9 Å². The molecular weight excluding hydrogens is 146 g/mol. The summed E-state index contributed by atoms with van der Waals surface area (Å²) in [7, 11) is 1.52. The van der Waals surface area contributed by atoms with Crippen LogP contribution in [0.25, 0.3) is 0 Å². The third-order valence-electron chi connectivity index (χ3n) is 2.16. The molecule has 0 aromatic heterocycles. The van der Waals surface area contributed by atoms with Gasteiger partial charge in [0, 0.05) is 7.05 Å². The highest BCUT2D eigenvalue weighted by atomic mass is 16.4. The van der Waals surface area contributed by atoms with Crippen molar-refractivity contribution in [1.82, 2.24) is 4.90 Å². The van der Waals surface area contributed by atoms with E-state index in [9.17, 15) is 9.59 Å². The zero-order valence-electron chi connectivity index (χ0n) is 6.57. The van der Waals surface area contributed by atoms with Crippen LogP contribution in [0.15, 0.2) is 0 Å². The van der Waals surface area contributed by atoms with Crippen molar-refractivity contribution >= 4 is 11.9 Å². The number of nitrogens with zero attached hydrogens (tertiary/aromatic N) is 1. The van der Waals surface area contributed by atoms with Gasteiger partial charge in [0.25, 0.3) is 0 Å². The molecule has 4 nitrogen and oxygen atoms in total. The van der Waals surface area contributed by atoms with Crippen LogP contribution in [-0.2, 0) is 9.59 Å². The molecule has 0 saturated carbocycles. The van der Waals surface area contributed by atoms with Gasteiger partial charge in [-0.15, -0.1) is 0 Å². The Morgan fingerprint density at radius 1 is 1.73 bits per heavy atom. The number of likely N-dealkylation sites (tertiary alicyclic amines) is 1. The van der Waals surface area contributed by atoms with Crippen molar-refractivity contribution in [3.05, 3.63) is 0 Å². The van der Waals surface area contributed by atoms with Gasteiger partial charge < -0.3 is 10.0 Å². The van der Waals surface area contributed by atoms with Gasteiger partial charge in [0.2, 0.25) is 5.91 Å². The minimum Gasteiger partial charge on any atom is -0.480 e. The summed E-state index contributed by atoms with van der Waals surface area (Å²) in [6.07, 6.45) is 0.611. The Labute approximate surface area is 64.8 Å². The molecule has 4 heteroatoms. The molecule has 0 radical (unpaired) electrons. The van der Waals surface area contributed by atoms with Crippen molar-refractivity contribution in [2.45, 2.75) is 19.4 Å². The Bertz CT molecular complexity index is 202. The van der Waals surface area contributed by atoms with Crippen LogP contribution < -0.4 is 0 Å². The van der Waals surface area contributed by atoms with Crippen molar-refractivity contribution in [3.8, 4) is 0 Å². The van der Waals surface area contributed by atoms with E-state index in [2.05, 4.69) is 0 Å². The number of carbonyl (C=O) groups excluding carboxylic acids is 1. The van der Waals surface area contributed by atoms with Gasteiger partial charge >= 0.3 is 5.97 Å². The second-order valence-electron chi connectivity index (χ2n) is 2.75. The fourth-order valence-corrected chi connectivity index (χ4v) is 1.46. The third-order valence-corrected chi connectivity index (χ3v) is 2.16. The van der Waals surface area contributed by atoms with Crippen molar-refractivity contribution in [1.29, 1.82) is 0 Å². The molecule has 0 aromatic rings. The highest BCUT2D eigenvalue weighted by molar-refractivity contribution is 5.96. The van der Waals surface area contributed by atoms with Crippen molar-refractivity contribution < 1.29 is 14.7 Å². The van der Waals surface area contributed by atoms with E-state index in [1.54, 1.807) is 0 Å². The molecule has 2 atom stereocenters. The van der Waals surface area contributed by atoms with Gasteiger partial charge in [-0.1, -0.05) is 6.92 Å². The lowest BCUT2D eigenvalue weighted by atomic mass is 9.86. The van der Waals surface area contributed by atoms with Crippen LogP contribution in [0.3, 0.4) is 0 Å². The highest BCUT2D eigenvalue weighted by Crippen LogP contribution is 2.27. The molecule has 1 unspecified atom stereocenters. The monoisotopic (exact) mass is 157 g/mol. The van der Waals surface area contributed by atoms with E-state index < -0.39 is 12.0 Å². The number of rotatable bonds is 2. The molecular formula is C7H11NO3. The normalized spacial score (nSPS) is 30.0. The van der Waals surface area contributed by atoms with E-state index in [1.807, 2.05) is 6.92 Å². The topological polar surface area (TPSA) is 57.6 Å². The Kier molecular flexibility index (Phi) is 1.85. The van der Waals surface area contributed by atoms with Crippen LogP contribution in [-0.4, -0.2) is 35.0 Å². The summed E-state index contributed by atoms with van der Waals surface area (Å²) >= 11 is 0. The fraction of sp³-hybridized carbons (Fsp3) is 0.714. The first-order chi connectivity index (χ1) is 5.09. The third kappa shape index (κ3) is 0.982. The second-order valence-corrected chi connectivity index (χ2v) is 2.75. The molecule has 1 aliphatic rings. The largest absolute Gasteiger partial charge is 0.480 e. The number of carbonyl (C=O) groups is 2. The van der Waals surface area contributed by atoms with Crippen molar-refractivity contribution in [2.75, 3.05) is 7.05 Å². The lowest BCUT2D eigenvalue weighted by Gasteiger charge is -2.41. The van der Waals surface area contributed by atoms with Gasteiger partial charge in [-0.25, -0.2) is 4.79 Å². The molecule has 1 rings (SSSR count). The Balaban J connectivity index is 2.67. The molecule has 62 valence electrons. The van der Waals surface area contributed by atoms with Crippen molar-refractivity contribution in [2.24, 2.45) is 5.92 Å². The zero-order valence-corrected chi connectivity index (χ0v) is 6.57. The fourth-order valence-electron chi connectivity index (χ4n) is 1.46. The van der Waals surface area contributed by atoms with Gasteiger partial charge in [-0.3, -0.25) is 4.79 Å². The SMILES string of the molecule is CCC1C(=O)N(C)[C@H]1C(=O)O. The summed E-state index contributed by atoms with van der Waals surface area (Å²) in [5.74, 6) is -1.25. The molecule has 0 bridgehead atoms. The summed E-state index contributed by atoms with van der Waals surface area (Å²) in [5, 5.41) is 8.63. The van der Waals surface area contributed by atoms with Gasteiger partial charge in [-0.2, -0.15) is 0 Å². The zero-order chi connectivity index (χ0) is 8.59. The molecule has 11 heavy (non-hydrogen) atoms. The number of carboxylic acid groups (broad SMARTS) is 1. The number of hydrogen-bond donors (Lipinski definition) is 1. The standard InChI is InChI=1S/C7H11NO3/c1-3-4-5(7(10)11)8(2)6(4)9/h4-5H,3H2,1-2H3,(H,10,11)/t4?,5-/m1/s1. The lowest BCUT2D eigenvalue weighted by molar-refractivity contribution is -0.168. The summed E-state index contributed by atoms with van der Waals surface area (Å²) in [5.41, 5.74) is 0. The van der Waals surface area contributed by atoms with E-state index in [4.69, 9.17) is 5.11 Å². The summed E-state index contributed by atoms with van der Waals surface area (Å²) in [6.45, 7) is 1.82. The smallest absolute Gasteiger partial charge is 0.327 e. The van der Waals surface area contributed by atoms with Crippen LogP contribution in [0.2, 0.25) is 0 Å². The van der Waals surface area contributed by atoms with Crippen LogP contribution >= 0.6 is 0 Å². The quantitative estimate of drug-likeness (QED) is 0.571. The second kappa shape index (κ2) is 2.53. The molecule has 1 saturated heterocycles. The Hall–Kier alpha value is -1.06. The first-order valence-corrected chi connectivity index (χ1v) is 3.59. The highest BCUT2D eigenvalue weighted by Gasteiger charge is 2.48. The van der Waals surface area contributed by atoms with Gasteiger partial charge in [0.15, 0.2) is 0 Å². The molecule has 0 aromatic carbocycles. The lowest BCUT2D eigenvalue weighted by Crippen LogP contribution is -2.62. The molecule has 1 heterocycles. The van der Waals surface area contributed by atoms with E-state index in [0.717, 1.165) is 0 Å². The summed E-state index contributed by atoms with van der Waals surface area (Å²) < 4.78 is 0. The Morgan fingerprint density at radius 3 is 2.55 bits per heavy atom. The molecule has 0 spiro atoms. The van der Waals surface area contributed by atoms with Crippen LogP contribution in [0.1, 0.15) is 13.3 Å². The first-order valence-electron chi connectivity index (χ1n) is 3.59. The van der Waals surface area contributed by atoms with E-state index in [0.29, 0.717) is 6.42 Å². The number of β-lactam (4-membered cyclic amide) rings is 1. The maximum absolute atomic E-state index is 11.0. The average Bonchev–Trinajstić information content (AvgIpc) is 1.96. The maximum atomic E-state index is 11.0. The number of amides is 1. The predicted molar refractivity (Wildman–Crippen MR) is 38.0 cm³/mol. The summed E-state index contributed by atoms with van der Waals surface area (Å²) in [4.78, 5) is 22.8. The number of hydrogen-bond acceptors (Lipinski definition) is 2. The Morgan fingerprint density at radius 2 is 2.27 bits per heavy atom. The van der Waals surface area contributed by atoms with Crippen LogP contribution in [0.4, 0.5) is 0 Å². The molecule has 0 aliphatic carbocycles. The van der Waals surface area contributed by atoms with Crippen LogP contribution in [0, 0.1) is 5.92 Å². The van der Waals surface area contributed by atoms with E-state index >= 15 is 0 Å². The number of carboxylic acids is 1. The molecule has 1 aliphatic heterocycles. The molecule has 1 N–H and O–H groups in total. The number of likely N-dealkylation sites (N-methyl/N-ethyl adjacent to an activating group) is 1. The minimum atomic E-state index is -0.904.